The molecule has 0 atom stereocenters. The summed E-state index contributed by atoms with van der Waals surface area (Å²) in [6.07, 6.45) is 1.19. The molecule has 1 saturated heterocycles. The Morgan fingerprint density at radius 2 is 2.12 bits per heavy atom. The maximum absolute atomic E-state index is 13.3. The molecule has 0 spiro atoms. The number of hydrogen-bond donors (Lipinski definition) is 1. The number of nitrogens with one attached hydrogen (secondary N) is 1. The van der Waals surface area contributed by atoms with Gasteiger partial charge in [-0.1, -0.05) is 12.1 Å². The summed E-state index contributed by atoms with van der Waals surface area (Å²) >= 11 is 0. The summed E-state index contributed by atoms with van der Waals surface area (Å²) in [5.41, 5.74) is 0.135. The summed E-state index contributed by atoms with van der Waals surface area (Å²) in [6, 6.07) is 5.52. The van der Waals surface area contributed by atoms with Crippen molar-refractivity contribution in [3.8, 4) is 0 Å². The number of carbonyl (C=O) groups excluding carboxylic acids is 2. The zero-order valence-corrected chi connectivity index (χ0v) is 9.28. The zero-order valence-electron chi connectivity index (χ0n) is 9.28. The minimum atomic E-state index is -0.482. The zero-order chi connectivity index (χ0) is 12.3. The highest BCUT2D eigenvalue weighted by molar-refractivity contribution is 5.93. The molecule has 0 bridgehead atoms. The molecule has 0 saturated carbocycles. The van der Waals surface area contributed by atoms with Gasteiger partial charge in [-0.2, -0.15) is 0 Å². The first kappa shape index (κ1) is 11.6. The van der Waals surface area contributed by atoms with Crippen molar-refractivity contribution in [2.45, 2.75) is 12.8 Å². The van der Waals surface area contributed by atoms with Gasteiger partial charge in [0.1, 0.15) is 5.82 Å². The van der Waals surface area contributed by atoms with Crippen LogP contribution in [0.2, 0.25) is 0 Å². The minimum Gasteiger partial charge on any atom is -0.317 e. The van der Waals surface area contributed by atoms with Crippen LogP contribution in [0.3, 0.4) is 0 Å². The maximum Gasteiger partial charge on any atom is 0.322 e. The van der Waals surface area contributed by atoms with Crippen LogP contribution in [0.15, 0.2) is 24.3 Å². The molecule has 4 nitrogen and oxygen atoms in total. The Morgan fingerprint density at radius 3 is 2.82 bits per heavy atom. The van der Waals surface area contributed by atoms with Gasteiger partial charge in [-0.15, -0.1) is 0 Å². The van der Waals surface area contributed by atoms with Crippen LogP contribution in [0.5, 0.6) is 0 Å². The number of likely N-dealkylation sites (tertiary alicyclic amines) is 1. The molecule has 1 heterocycles. The quantitative estimate of drug-likeness (QED) is 0.811. The van der Waals surface area contributed by atoms with Crippen LogP contribution in [0, 0.1) is 5.82 Å². The number of anilines is 1. The number of ketones is 1. The molecule has 0 radical (unpaired) electrons. The molecule has 1 aromatic carbocycles. The van der Waals surface area contributed by atoms with Crippen LogP contribution in [0.1, 0.15) is 12.8 Å². The van der Waals surface area contributed by atoms with E-state index >= 15 is 0 Å². The van der Waals surface area contributed by atoms with E-state index < -0.39 is 11.8 Å². The molecule has 17 heavy (non-hydrogen) atoms. The number of Topliss-reactive ketones (excluding diaryl/α,β-unsaturated/α-hetero) is 1. The molecule has 1 fully saturated rings. The van der Waals surface area contributed by atoms with E-state index in [1.54, 1.807) is 12.1 Å². The van der Waals surface area contributed by atoms with Crippen molar-refractivity contribution in [2.75, 3.05) is 18.4 Å². The fourth-order valence-electron chi connectivity index (χ4n) is 1.77. The molecule has 0 aromatic heterocycles. The summed E-state index contributed by atoms with van der Waals surface area (Å²) in [4.78, 5) is 24.4. The predicted molar refractivity (Wildman–Crippen MR) is 61.2 cm³/mol. The molecule has 2 amide bonds. The van der Waals surface area contributed by atoms with E-state index in [-0.39, 0.29) is 18.0 Å². The van der Waals surface area contributed by atoms with Crippen molar-refractivity contribution in [3.05, 3.63) is 30.1 Å². The molecular weight excluding hydrogens is 223 g/mol. The summed E-state index contributed by atoms with van der Waals surface area (Å²) < 4.78 is 13.3. The number of amides is 2. The highest BCUT2D eigenvalue weighted by atomic mass is 19.1. The number of carbonyl (C=O) groups is 2. The fourth-order valence-corrected chi connectivity index (χ4v) is 1.77. The fraction of sp³-hybridized carbons (Fsp3) is 0.333. The second kappa shape index (κ2) is 4.95. The SMILES string of the molecule is O=C1CCCN(C(=O)Nc2ccccc2F)C1. The smallest absolute Gasteiger partial charge is 0.317 e. The number of nitrogens with zero attached hydrogens (tertiary/aromatic N) is 1. The average Bonchev–Trinajstić information content (AvgIpc) is 2.32. The first-order valence-electron chi connectivity index (χ1n) is 5.49. The van der Waals surface area contributed by atoms with E-state index in [2.05, 4.69) is 5.32 Å². The molecular formula is C12H13FN2O2. The van der Waals surface area contributed by atoms with Crippen molar-refractivity contribution >= 4 is 17.5 Å². The van der Waals surface area contributed by atoms with E-state index in [4.69, 9.17) is 0 Å². The molecule has 1 N–H and O–H groups in total. The average molecular weight is 236 g/mol. The van der Waals surface area contributed by atoms with Gasteiger partial charge in [-0.3, -0.25) is 4.79 Å². The van der Waals surface area contributed by atoms with Crippen LogP contribution >= 0.6 is 0 Å². The number of halogens is 1. The lowest BCUT2D eigenvalue weighted by Gasteiger charge is -2.25. The van der Waals surface area contributed by atoms with E-state index in [0.717, 1.165) is 0 Å². The molecule has 0 aliphatic carbocycles. The first-order chi connectivity index (χ1) is 8.16. The second-order valence-electron chi connectivity index (χ2n) is 3.97. The van der Waals surface area contributed by atoms with Gasteiger partial charge in [0.25, 0.3) is 0 Å². The maximum atomic E-state index is 13.3. The third kappa shape index (κ3) is 2.81. The van der Waals surface area contributed by atoms with Gasteiger partial charge in [-0.25, -0.2) is 9.18 Å². The second-order valence-corrected chi connectivity index (χ2v) is 3.97. The number of hydrogen-bond acceptors (Lipinski definition) is 2. The lowest BCUT2D eigenvalue weighted by atomic mass is 10.1. The monoisotopic (exact) mass is 236 g/mol. The minimum absolute atomic E-state index is 0.0416. The third-order valence-electron chi connectivity index (χ3n) is 2.65. The van der Waals surface area contributed by atoms with Gasteiger partial charge in [0, 0.05) is 13.0 Å². The van der Waals surface area contributed by atoms with Gasteiger partial charge < -0.3 is 10.2 Å². The Kier molecular flexibility index (Phi) is 3.37. The molecule has 5 heteroatoms. The number of benzene rings is 1. The molecule has 2 rings (SSSR count). The highest BCUT2D eigenvalue weighted by Crippen LogP contribution is 2.14. The molecule has 1 aliphatic rings. The molecule has 0 unspecified atom stereocenters. The number of urea groups is 1. The largest absolute Gasteiger partial charge is 0.322 e. The van der Waals surface area contributed by atoms with Crippen LogP contribution < -0.4 is 5.32 Å². The van der Waals surface area contributed by atoms with Crippen LogP contribution in [-0.4, -0.2) is 29.8 Å². The van der Waals surface area contributed by atoms with Gasteiger partial charge in [-0.05, 0) is 18.6 Å². The van der Waals surface area contributed by atoms with Crippen LogP contribution in [0.4, 0.5) is 14.9 Å². The number of piperidine rings is 1. The lowest BCUT2D eigenvalue weighted by molar-refractivity contribution is -0.121. The normalized spacial score (nSPS) is 15.8. The number of para-hydroxylation sites is 1. The van der Waals surface area contributed by atoms with Crippen molar-refractivity contribution < 1.29 is 14.0 Å². The third-order valence-corrected chi connectivity index (χ3v) is 2.65. The van der Waals surface area contributed by atoms with Gasteiger partial charge in [0.05, 0.1) is 12.2 Å². The van der Waals surface area contributed by atoms with E-state index in [1.807, 2.05) is 0 Å². The topological polar surface area (TPSA) is 49.4 Å². The summed E-state index contributed by atoms with van der Waals surface area (Å²) in [7, 11) is 0. The standard InChI is InChI=1S/C12H13FN2O2/c13-10-5-1-2-6-11(10)14-12(17)15-7-3-4-9(16)8-15/h1-2,5-6H,3-4,7-8H2,(H,14,17). The molecule has 1 aromatic rings. The van der Waals surface area contributed by atoms with E-state index in [1.165, 1.54) is 17.0 Å². The Bertz CT molecular complexity index is 448. The number of rotatable bonds is 1. The van der Waals surface area contributed by atoms with Crippen molar-refractivity contribution in [1.82, 2.24) is 4.90 Å². The Hall–Kier alpha value is -1.91. The summed E-state index contributed by atoms with van der Waals surface area (Å²) in [6.45, 7) is 0.645. The van der Waals surface area contributed by atoms with Crippen molar-refractivity contribution in [3.63, 3.8) is 0 Å². The Morgan fingerprint density at radius 1 is 1.35 bits per heavy atom. The first-order valence-corrected chi connectivity index (χ1v) is 5.49. The molecule has 90 valence electrons. The highest BCUT2D eigenvalue weighted by Gasteiger charge is 2.21. The Labute approximate surface area is 98.4 Å². The van der Waals surface area contributed by atoms with Crippen LogP contribution in [-0.2, 0) is 4.79 Å². The summed E-state index contributed by atoms with van der Waals surface area (Å²) in [5.74, 6) is -0.441. The Balaban J connectivity index is 2.02. The predicted octanol–water partition coefficient (Wildman–Crippen LogP) is 2.02. The van der Waals surface area contributed by atoms with Crippen molar-refractivity contribution in [1.29, 1.82) is 0 Å². The van der Waals surface area contributed by atoms with E-state index in [0.29, 0.717) is 19.4 Å². The van der Waals surface area contributed by atoms with Gasteiger partial charge >= 0.3 is 6.03 Å². The lowest BCUT2D eigenvalue weighted by Crippen LogP contribution is -2.42. The van der Waals surface area contributed by atoms with Crippen molar-refractivity contribution in [2.24, 2.45) is 0 Å². The van der Waals surface area contributed by atoms with Gasteiger partial charge in [0.2, 0.25) is 0 Å². The van der Waals surface area contributed by atoms with E-state index in [9.17, 15) is 14.0 Å². The molecule has 1 aliphatic heterocycles. The van der Waals surface area contributed by atoms with Gasteiger partial charge in [0.15, 0.2) is 5.78 Å². The summed E-state index contributed by atoms with van der Waals surface area (Å²) in [5, 5.41) is 2.46. The van der Waals surface area contributed by atoms with Crippen LogP contribution in [0.25, 0.3) is 0 Å².